The van der Waals surface area contributed by atoms with Crippen LogP contribution in [0.1, 0.15) is 29.7 Å². The number of nitrogens with zero attached hydrogens (tertiary/aromatic N) is 4. The van der Waals surface area contributed by atoms with Gasteiger partial charge in [-0.15, -0.1) is 0 Å². The van der Waals surface area contributed by atoms with Crippen molar-refractivity contribution in [1.82, 2.24) is 10.3 Å². The van der Waals surface area contributed by atoms with Crippen LogP contribution >= 0.6 is 15.9 Å². The number of aliphatic imine (C=N–C) groups is 1. The SMILES string of the molecule is COC(=O)C(C)Oc1cc(Br)c(C2N=C(NC#N)Nc3nc(N)c(C#N)c(N)c32)cc1OC. The topological polar surface area (TPSA) is 194 Å². The Kier molecular flexibility index (Phi) is 6.75. The van der Waals surface area contributed by atoms with Gasteiger partial charge < -0.3 is 31.0 Å². The fourth-order valence-corrected chi connectivity index (χ4v) is 3.76. The van der Waals surface area contributed by atoms with Crippen LogP contribution in [0, 0.1) is 22.8 Å². The molecule has 1 aromatic carbocycles. The normalized spacial score (nSPS) is 15.0. The molecule has 3 rings (SSSR count). The minimum Gasteiger partial charge on any atom is -0.493 e. The second-order valence-corrected chi connectivity index (χ2v) is 7.56. The number of nitrogens with one attached hydrogen (secondary N) is 2. The molecule has 1 aliphatic rings. The highest BCUT2D eigenvalue weighted by molar-refractivity contribution is 9.10. The maximum Gasteiger partial charge on any atom is 0.346 e. The van der Waals surface area contributed by atoms with Crippen LogP contribution in [0.5, 0.6) is 11.5 Å². The van der Waals surface area contributed by atoms with Crippen LogP contribution in [-0.2, 0) is 9.53 Å². The van der Waals surface area contributed by atoms with Crippen molar-refractivity contribution in [2.75, 3.05) is 31.0 Å². The van der Waals surface area contributed by atoms with Gasteiger partial charge in [-0.2, -0.15) is 10.5 Å². The number of halogens is 1. The molecular formula is C20H19BrN8O4. The van der Waals surface area contributed by atoms with Gasteiger partial charge >= 0.3 is 5.97 Å². The highest BCUT2D eigenvalue weighted by Crippen LogP contribution is 2.45. The van der Waals surface area contributed by atoms with E-state index < -0.39 is 18.1 Å². The molecule has 1 aromatic heterocycles. The summed E-state index contributed by atoms with van der Waals surface area (Å²) in [6, 6.07) is 4.39. The molecule has 0 aliphatic carbocycles. The van der Waals surface area contributed by atoms with Crippen molar-refractivity contribution in [3.63, 3.8) is 0 Å². The van der Waals surface area contributed by atoms with Gasteiger partial charge in [0.05, 0.1) is 19.9 Å². The number of ether oxygens (including phenoxy) is 3. The second kappa shape index (κ2) is 9.50. The van der Waals surface area contributed by atoms with E-state index in [9.17, 15) is 10.1 Å². The van der Waals surface area contributed by atoms with Gasteiger partial charge in [0.25, 0.3) is 0 Å². The maximum absolute atomic E-state index is 11.8. The Hall–Kier alpha value is -4.23. The molecule has 0 spiro atoms. The minimum absolute atomic E-state index is 0.0161. The second-order valence-electron chi connectivity index (χ2n) is 6.71. The van der Waals surface area contributed by atoms with Crippen LogP contribution < -0.4 is 31.6 Å². The maximum atomic E-state index is 11.8. The molecule has 6 N–H and O–H groups in total. The summed E-state index contributed by atoms with van der Waals surface area (Å²) in [4.78, 5) is 20.5. The molecule has 0 amide bonds. The Labute approximate surface area is 197 Å². The third-order valence-electron chi connectivity index (χ3n) is 4.77. The van der Waals surface area contributed by atoms with Crippen molar-refractivity contribution in [2.24, 2.45) is 4.99 Å². The van der Waals surface area contributed by atoms with Crippen LogP contribution in [0.4, 0.5) is 17.3 Å². The number of rotatable bonds is 5. The largest absolute Gasteiger partial charge is 0.493 e. The summed E-state index contributed by atoms with van der Waals surface area (Å²) in [6.07, 6.45) is 0.907. The molecule has 13 heteroatoms. The van der Waals surface area contributed by atoms with Crippen molar-refractivity contribution < 1.29 is 19.0 Å². The zero-order chi connectivity index (χ0) is 24.3. The molecular weight excluding hydrogens is 496 g/mol. The molecule has 0 saturated carbocycles. The summed E-state index contributed by atoms with van der Waals surface area (Å²) in [5, 5.41) is 23.8. The molecule has 2 unspecified atom stereocenters. The Morgan fingerprint density at radius 2 is 2.03 bits per heavy atom. The number of aromatic nitrogens is 1. The van der Waals surface area contributed by atoms with E-state index in [-0.39, 0.29) is 34.6 Å². The standard InChI is InChI=1S/C20H19BrN8O4/c1-8(19(30)32-3)33-13-5-11(21)9(4-12(13)31-2)16-14-15(24)10(6-22)17(25)28-18(14)29-20(27-16)26-7-23/h4-5,8,16H,1-3H3,(H6,24,25,26,27,28,29). The number of fused-ring (bicyclic) bond motifs is 1. The fraction of sp³-hybridized carbons (Fsp3) is 0.250. The number of nitrogens with two attached hydrogens (primary N) is 2. The van der Waals surface area contributed by atoms with Crippen molar-refractivity contribution in [3.8, 4) is 23.8 Å². The fourth-order valence-electron chi connectivity index (χ4n) is 3.22. The number of methoxy groups -OCH3 is 2. The van der Waals surface area contributed by atoms with E-state index in [0.717, 1.165) is 0 Å². The molecule has 33 heavy (non-hydrogen) atoms. The summed E-state index contributed by atoms with van der Waals surface area (Å²) in [6.45, 7) is 1.54. The molecule has 2 heterocycles. The van der Waals surface area contributed by atoms with Gasteiger partial charge in [0.2, 0.25) is 5.96 Å². The van der Waals surface area contributed by atoms with Gasteiger partial charge in [0.15, 0.2) is 23.8 Å². The Morgan fingerprint density at radius 3 is 2.64 bits per heavy atom. The van der Waals surface area contributed by atoms with E-state index in [0.29, 0.717) is 21.3 Å². The quantitative estimate of drug-likeness (QED) is 0.258. The molecule has 12 nitrogen and oxygen atoms in total. The van der Waals surface area contributed by atoms with Crippen LogP contribution in [-0.4, -0.2) is 37.2 Å². The summed E-state index contributed by atoms with van der Waals surface area (Å²) in [5.74, 6) is 0.318. The lowest BCUT2D eigenvalue weighted by Crippen LogP contribution is -2.33. The van der Waals surface area contributed by atoms with Gasteiger partial charge in [-0.3, -0.25) is 5.32 Å². The van der Waals surface area contributed by atoms with E-state index in [4.69, 9.17) is 30.9 Å². The number of pyridine rings is 1. The Morgan fingerprint density at radius 1 is 1.30 bits per heavy atom. The molecule has 2 aromatic rings. The molecule has 170 valence electrons. The van der Waals surface area contributed by atoms with Gasteiger partial charge in [-0.25, -0.2) is 14.8 Å². The summed E-state index contributed by atoms with van der Waals surface area (Å²) in [5.41, 5.74) is 13.2. The number of hydrogen-bond donors (Lipinski definition) is 4. The third kappa shape index (κ3) is 4.40. The lowest BCUT2D eigenvalue weighted by molar-refractivity contribution is -0.147. The lowest BCUT2D eigenvalue weighted by atomic mass is 9.95. The van der Waals surface area contributed by atoms with Gasteiger partial charge in [0.1, 0.15) is 29.3 Å². The first-order chi connectivity index (χ1) is 15.7. The Balaban J connectivity index is 2.18. The number of hydrogen-bond acceptors (Lipinski definition) is 12. The zero-order valence-corrected chi connectivity index (χ0v) is 19.3. The van der Waals surface area contributed by atoms with Crippen molar-refractivity contribution in [1.29, 1.82) is 10.5 Å². The lowest BCUT2D eigenvalue weighted by Gasteiger charge is -2.27. The highest BCUT2D eigenvalue weighted by atomic mass is 79.9. The number of esters is 1. The van der Waals surface area contributed by atoms with Crippen LogP contribution in [0.2, 0.25) is 0 Å². The van der Waals surface area contributed by atoms with E-state index in [1.807, 2.05) is 6.07 Å². The molecule has 0 saturated heterocycles. The number of nitriles is 2. The molecule has 1 aliphatic heterocycles. The summed E-state index contributed by atoms with van der Waals surface area (Å²) in [7, 11) is 2.70. The van der Waals surface area contributed by atoms with E-state index in [1.54, 1.807) is 25.2 Å². The van der Waals surface area contributed by atoms with E-state index in [2.05, 4.69) is 36.5 Å². The summed E-state index contributed by atoms with van der Waals surface area (Å²) >= 11 is 3.50. The number of carbonyl (C=O) groups is 1. The Bertz CT molecular complexity index is 1230. The zero-order valence-electron chi connectivity index (χ0n) is 17.8. The first kappa shape index (κ1) is 23.4. The van der Waals surface area contributed by atoms with E-state index in [1.165, 1.54) is 14.2 Å². The number of anilines is 3. The number of benzene rings is 1. The average Bonchev–Trinajstić information content (AvgIpc) is 2.78. The smallest absolute Gasteiger partial charge is 0.346 e. The number of guanidine groups is 1. The average molecular weight is 515 g/mol. The number of carbonyl (C=O) groups excluding carboxylic acids is 1. The van der Waals surface area contributed by atoms with Gasteiger partial charge in [0, 0.05) is 10.0 Å². The van der Waals surface area contributed by atoms with Gasteiger partial charge in [-0.05, 0) is 24.6 Å². The molecule has 0 bridgehead atoms. The van der Waals surface area contributed by atoms with Gasteiger partial charge in [-0.1, -0.05) is 15.9 Å². The predicted molar refractivity (Wildman–Crippen MR) is 122 cm³/mol. The highest BCUT2D eigenvalue weighted by Gasteiger charge is 2.32. The monoisotopic (exact) mass is 514 g/mol. The minimum atomic E-state index is -0.883. The van der Waals surface area contributed by atoms with Crippen molar-refractivity contribution in [3.05, 3.63) is 33.3 Å². The predicted octanol–water partition coefficient (Wildman–Crippen LogP) is 1.77. The van der Waals surface area contributed by atoms with Crippen molar-refractivity contribution >= 4 is 45.2 Å². The van der Waals surface area contributed by atoms with Crippen LogP contribution in [0.3, 0.4) is 0 Å². The summed E-state index contributed by atoms with van der Waals surface area (Å²) < 4.78 is 16.4. The molecule has 0 radical (unpaired) electrons. The first-order valence-electron chi connectivity index (χ1n) is 9.36. The molecule has 0 fully saturated rings. The van der Waals surface area contributed by atoms with Crippen LogP contribution in [0.25, 0.3) is 0 Å². The first-order valence-corrected chi connectivity index (χ1v) is 10.2. The van der Waals surface area contributed by atoms with Crippen LogP contribution in [0.15, 0.2) is 21.6 Å². The van der Waals surface area contributed by atoms with Crippen molar-refractivity contribution in [2.45, 2.75) is 19.1 Å². The molecule has 2 atom stereocenters. The number of nitrogen functional groups attached to an aromatic ring is 2. The third-order valence-corrected chi connectivity index (χ3v) is 5.46. The van der Waals surface area contributed by atoms with E-state index >= 15 is 0 Å².